The van der Waals surface area contributed by atoms with Gasteiger partial charge in [0.1, 0.15) is 11.9 Å². The number of amides is 2. The summed E-state index contributed by atoms with van der Waals surface area (Å²) in [7, 11) is 3.14. The maximum atomic E-state index is 13.7. The van der Waals surface area contributed by atoms with Crippen molar-refractivity contribution in [2.24, 2.45) is 5.92 Å². The molecule has 0 unspecified atom stereocenters. The van der Waals surface area contributed by atoms with E-state index in [0.717, 1.165) is 44.9 Å². The van der Waals surface area contributed by atoms with Gasteiger partial charge >= 0.3 is 0 Å². The van der Waals surface area contributed by atoms with E-state index in [1.165, 1.54) is 18.4 Å². The van der Waals surface area contributed by atoms with Crippen LogP contribution in [-0.4, -0.2) is 49.4 Å². The molecule has 188 valence electrons. The van der Waals surface area contributed by atoms with Gasteiger partial charge in [0.2, 0.25) is 11.8 Å². The van der Waals surface area contributed by atoms with Crippen LogP contribution in [-0.2, 0) is 9.59 Å². The number of alkyl halides is 1. The third kappa shape index (κ3) is 6.91. The number of nitrogens with zero attached hydrogens (tertiary/aromatic N) is 1. The molecule has 2 aliphatic rings. The van der Waals surface area contributed by atoms with Gasteiger partial charge in [-0.2, -0.15) is 0 Å². The van der Waals surface area contributed by atoms with Crippen LogP contribution >= 0.6 is 11.6 Å². The van der Waals surface area contributed by atoms with Crippen LogP contribution in [0, 0.1) is 5.92 Å². The van der Waals surface area contributed by atoms with Crippen molar-refractivity contribution in [1.82, 2.24) is 10.2 Å². The van der Waals surface area contributed by atoms with Gasteiger partial charge in [-0.25, -0.2) is 0 Å². The number of methoxy groups -OCH3 is 2. The minimum atomic E-state index is -0.783. The summed E-state index contributed by atoms with van der Waals surface area (Å²) in [6.07, 6.45) is 11.7. The normalized spacial score (nSPS) is 21.2. The van der Waals surface area contributed by atoms with Crippen molar-refractivity contribution in [3.8, 4) is 11.5 Å². The molecule has 1 N–H and O–H groups in total. The van der Waals surface area contributed by atoms with Crippen molar-refractivity contribution in [2.45, 2.75) is 76.8 Å². The van der Waals surface area contributed by atoms with Gasteiger partial charge < -0.3 is 19.7 Å². The minimum Gasteiger partial charge on any atom is -0.493 e. The van der Waals surface area contributed by atoms with Crippen LogP contribution in [0.3, 0.4) is 0 Å². The molecular formula is C27H39ClN2O4. The molecule has 6 nitrogen and oxygen atoms in total. The predicted molar refractivity (Wildman–Crippen MR) is 135 cm³/mol. The Bertz CT molecular complexity index is 864. The molecule has 1 fully saturated rings. The summed E-state index contributed by atoms with van der Waals surface area (Å²) >= 11 is 6.04. The summed E-state index contributed by atoms with van der Waals surface area (Å²) in [4.78, 5) is 28.4. The van der Waals surface area contributed by atoms with Gasteiger partial charge in [0.25, 0.3) is 0 Å². The fraction of sp³-hybridized carbons (Fsp3) is 0.630. The van der Waals surface area contributed by atoms with Crippen LogP contribution in [0.25, 0.3) is 0 Å². The fourth-order valence-electron chi connectivity index (χ4n) is 5.05. The first-order chi connectivity index (χ1) is 16.5. The lowest BCUT2D eigenvalue weighted by Crippen LogP contribution is -2.48. The average molecular weight is 491 g/mol. The highest BCUT2D eigenvalue weighted by atomic mass is 35.5. The third-order valence-electron chi connectivity index (χ3n) is 7.14. The largest absolute Gasteiger partial charge is 0.493 e. The van der Waals surface area contributed by atoms with E-state index in [1.807, 2.05) is 6.07 Å². The van der Waals surface area contributed by atoms with E-state index in [-0.39, 0.29) is 23.7 Å². The molecule has 0 radical (unpaired) electrons. The Morgan fingerprint density at radius 2 is 1.85 bits per heavy atom. The maximum Gasteiger partial charge on any atom is 0.247 e. The molecule has 7 heteroatoms. The van der Waals surface area contributed by atoms with Gasteiger partial charge in [-0.1, -0.05) is 24.6 Å². The Morgan fingerprint density at radius 1 is 1.12 bits per heavy atom. The third-order valence-corrected chi connectivity index (χ3v) is 7.37. The lowest BCUT2D eigenvalue weighted by molar-refractivity contribution is -0.139. The highest BCUT2D eigenvalue weighted by Gasteiger charge is 2.33. The second-order valence-corrected chi connectivity index (χ2v) is 9.83. The van der Waals surface area contributed by atoms with Crippen LogP contribution in [0.5, 0.6) is 11.5 Å². The summed E-state index contributed by atoms with van der Waals surface area (Å²) in [6, 6.07) is 4.75. The number of ether oxygens (including phenoxy) is 2. The van der Waals surface area contributed by atoms with Gasteiger partial charge in [0.05, 0.1) is 14.2 Å². The zero-order valence-electron chi connectivity index (χ0n) is 20.8. The van der Waals surface area contributed by atoms with Crippen LogP contribution in [0.4, 0.5) is 0 Å². The summed E-state index contributed by atoms with van der Waals surface area (Å²) in [5.74, 6) is 1.21. The highest BCUT2D eigenvalue weighted by molar-refractivity contribution is 6.27. The van der Waals surface area contributed by atoms with Crippen molar-refractivity contribution in [2.75, 3.05) is 26.6 Å². The summed E-state index contributed by atoms with van der Waals surface area (Å²) in [5.41, 5.74) is 2.04. The number of rotatable bonds is 10. The van der Waals surface area contributed by atoms with E-state index >= 15 is 0 Å². The molecule has 1 aromatic rings. The second-order valence-electron chi connectivity index (χ2n) is 9.56. The van der Waals surface area contributed by atoms with E-state index < -0.39 is 6.04 Å². The Kier molecular flexibility index (Phi) is 10.1. The Hall–Kier alpha value is -2.21. The van der Waals surface area contributed by atoms with Crippen LogP contribution < -0.4 is 14.8 Å². The number of carbonyl (C=O) groups excluding carboxylic acids is 2. The van der Waals surface area contributed by atoms with Crippen molar-refractivity contribution >= 4 is 23.4 Å². The van der Waals surface area contributed by atoms with Crippen LogP contribution in [0.2, 0.25) is 0 Å². The maximum absolute atomic E-state index is 13.7. The smallest absolute Gasteiger partial charge is 0.247 e. The summed E-state index contributed by atoms with van der Waals surface area (Å²) < 4.78 is 10.9. The molecule has 34 heavy (non-hydrogen) atoms. The van der Waals surface area contributed by atoms with E-state index in [1.54, 1.807) is 31.3 Å². The number of hydrogen-bond donors (Lipinski definition) is 1. The number of allylic oxidation sites excluding steroid dienone is 1. The topological polar surface area (TPSA) is 67.9 Å². The first kappa shape index (κ1) is 26.4. The molecule has 1 atom stereocenters. The number of halogens is 1. The lowest BCUT2D eigenvalue weighted by Gasteiger charge is -2.34. The van der Waals surface area contributed by atoms with E-state index in [4.69, 9.17) is 21.1 Å². The molecule has 1 saturated carbocycles. The van der Waals surface area contributed by atoms with Gasteiger partial charge in [0.15, 0.2) is 11.5 Å². The Morgan fingerprint density at radius 3 is 2.47 bits per heavy atom. The van der Waals surface area contributed by atoms with Crippen molar-refractivity contribution in [3.05, 3.63) is 35.4 Å². The highest BCUT2D eigenvalue weighted by Crippen LogP contribution is 2.34. The molecule has 0 bridgehead atoms. The average Bonchev–Trinajstić information content (AvgIpc) is 2.87. The van der Waals surface area contributed by atoms with Crippen molar-refractivity contribution in [3.63, 3.8) is 0 Å². The molecule has 2 aliphatic carbocycles. The minimum absolute atomic E-state index is 0.125. The van der Waals surface area contributed by atoms with Crippen LogP contribution in [0.1, 0.15) is 76.3 Å². The van der Waals surface area contributed by atoms with E-state index in [9.17, 15) is 9.59 Å². The van der Waals surface area contributed by atoms with Crippen LogP contribution in [0.15, 0.2) is 29.8 Å². The second kappa shape index (κ2) is 13.0. The molecule has 0 saturated heterocycles. The Labute approximate surface area is 209 Å². The van der Waals surface area contributed by atoms with Gasteiger partial charge in [-0.15, -0.1) is 11.6 Å². The number of carbonyl (C=O) groups is 2. The molecule has 0 aromatic heterocycles. The van der Waals surface area contributed by atoms with E-state index in [0.29, 0.717) is 29.5 Å². The molecule has 2 amide bonds. The van der Waals surface area contributed by atoms with Gasteiger partial charge in [-0.3, -0.25) is 9.59 Å². The van der Waals surface area contributed by atoms with Crippen molar-refractivity contribution < 1.29 is 19.1 Å². The number of nitrogens with one attached hydrogen (secondary N) is 1. The number of hydrogen-bond acceptors (Lipinski definition) is 4. The molecule has 0 aliphatic heterocycles. The summed E-state index contributed by atoms with van der Waals surface area (Å²) in [5, 5.41) is 3.24. The summed E-state index contributed by atoms with van der Waals surface area (Å²) in [6.45, 7) is 2.71. The van der Waals surface area contributed by atoms with Gasteiger partial charge in [0, 0.05) is 12.6 Å². The number of benzene rings is 1. The quantitative estimate of drug-likeness (QED) is 0.352. The molecule has 1 aromatic carbocycles. The monoisotopic (exact) mass is 490 g/mol. The van der Waals surface area contributed by atoms with Gasteiger partial charge in [-0.05, 0) is 81.4 Å². The predicted octanol–water partition coefficient (Wildman–Crippen LogP) is 5.40. The Balaban J connectivity index is 1.90. The first-order valence-corrected chi connectivity index (χ1v) is 13.1. The fourth-order valence-corrected chi connectivity index (χ4v) is 5.20. The van der Waals surface area contributed by atoms with E-state index in [2.05, 4.69) is 18.3 Å². The lowest BCUT2D eigenvalue weighted by atomic mass is 9.87. The molecule has 0 spiro atoms. The molecule has 3 rings (SSSR count). The standard InChI is InChI=1S/C27H39ClN2O4/c1-19-9-12-22(13-10-19)29-27(32)26(21-11-14-23(33-2)24(17-21)34-3)30(25(31)18-28)16-15-20-7-5-4-6-8-20/h7,11,14,17,19,22,26H,4-6,8-10,12-13,15-16,18H2,1-3H3,(H,29,32)/t19?,22?,26-/m1/s1. The zero-order valence-corrected chi connectivity index (χ0v) is 21.5. The molecule has 0 heterocycles. The molecular weight excluding hydrogens is 452 g/mol. The zero-order chi connectivity index (χ0) is 24.5. The first-order valence-electron chi connectivity index (χ1n) is 12.5. The van der Waals surface area contributed by atoms with Crippen molar-refractivity contribution in [1.29, 1.82) is 0 Å². The SMILES string of the molecule is COc1ccc([C@H](C(=O)NC2CCC(C)CC2)N(CCC2=CCCCC2)C(=O)CCl)cc1OC.